The number of imidazole rings is 1. The van der Waals surface area contributed by atoms with Gasteiger partial charge in [-0.15, -0.1) is 0 Å². The summed E-state index contributed by atoms with van der Waals surface area (Å²) in [5.41, 5.74) is 0.644. The summed E-state index contributed by atoms with van der Waals surface area (Å²) < 4.78 is 9.03. The van der Waals surface area contributed by atoms with Crippen molar-refractivity contribution in [2.24, 2.45) is 0 Å². The molecule has 0 spiro atoms. The fourth-order valence-corrected chi connectivity index (χ4v) is 2.12. The second-order valence-electron chi connectivity index (χ2n) is 4.90. The van der Waals surface area contributed by atoms with Crippen molar-refractivity contribution in [1.82, 2.24) is 9.13 Å². The average molecular weight is 269 g/mol. The molecule has 1 aliphatic rings. The Labute approximate surface area is 116 Å². The van der Waals surface area contributed by atoms with E-state index in [0.717, 1.165) is 12.8 Å². The second kappa shape index (κ2) is 5.25. The minimum Gasteiger partial charge on any atom is -0.492 e. The molecule has 102 valence electrons. The molecule has 0 radical (unpaired) electrons. The fraction of sp³-hybridized carbons (Fsp3) is 0.333. The average Bonchev–Trinajstić information content (AvgIpc) is 3.25. The zero-order valence-electron chi connectivity index (χ0n) is 11.0. The molecule has 2 aromatic rings. The maximum absolute atomic E-state index is 12.0. The molecule has 3 rings (SSSR count). The molecule has 1 fully saturated rings. The van der Waals surface area contributed by atoms with Crippen LogP contribution in [0.25, 0.3) is 0 Å². The van der Waals surface area contributed by atoms with Crippen molar-refractivity contribution in [3.05, 3.63) is 52.7 Å². The first kappa shape index (κ1) is 12.5. The zero-order valence-corrected chi connectivity index (χ0v) is 11.0. The highest BCUT2D eigenvalue weighted by Gasteiger charge is 2.25. The number of hydrogen-bond donors (Lipinski definition) is 0. The van der Waals surface area contributed by atoms with E-state index >= 15 is 0 Å². The van der Waals surface area contributed by atoms with Gasteiger partial charge in [0.05, 0.1) is 18.2 Å². The molecule has 1 saturated carbocycles. The van der Waals surface area contributed by atoms with E-state index in [1.165, 1.54) is 0 Å². The first-order chi connectivity index (χ1) is 9.78. The zero-order chi connectivity index (χ0) is 13.9. The lowest BCUT2D eigenvalue weighted by Crippen LogP contribution is -2.25. The molecule has 1 heterocycles. The van der Waals surface area contributed by atoms with Gasteiger partial charge >= 0.3 is 5.69 Å². The summed E-state index contributed by atoms with van der Waals surface area (Å²) in [6.45, 7) is 0.957. The normalized spacial score (nSPS) is 13.9. The van der Waals surface area contributed by atoms with Crippen molar-refractivity contribution >= 4 is 0 Å². The monoisotopic (exact) mass is 269 g/mol. The molecular formula is C15H15N3O2. The van der Waals surface area contributed by atoms with Crippen molar-refractivity contribution in [3.63, 3.8) is 0 Å². The molecule has 0 atom stereocenters. The number of ether oxygens (including phenoxy) is 1. The molecule has 0 aliphatic heterocycles. The number of aromatic nitrogens is 2. The smallest absolute Gasteiger partial charge is 0.328 e. The summed E-state index contributed by atoms with van der Waals surface area (Å²) in [5.74, 6) is 0.707. The van der Waals surface area contributed by atoms with Gasteiger partial charge in [0.1, 0.15) is 12.4 Å². The first-order valence-corrected chi connectivity index (χ1v) is 6.68. The minimum atomic E-state index is 0.0379. The van der Waals surface area contributed by atoms with Crippen molar-refractivity contribution in [1.29, 1.82) is 5.26 Å². The summed E-state index contributed by atoms with van der Waals surface area (Å²) in [6, 6.07) is 9.41. The predicted molar refractivity (Wildman–Crippen MR) is 73.6 cm³/mol. The van der Waals surface area contributed by atoms with Gasteiger partial charge in [-0.2, -0.15) is 5.26 Å². The van der Waals surface area contributed by atoms with Crippen molar-refractivity contribution in [3.8, 4) is 11.8 Å². The van der Waals surface area contributed by atoms with Crippen LogP contribution in [0, 0.1) is 11.3 Å². The lowest BCUT2D eigenvalue weighted by molar-refractivity contribution is 0.296. The third kappa shape index (κ3) is 2.59. The highest BCUT2D eigenvalue weighted by molar-refractivity contribution is 5.34. The van der Waals surface area contributed by atoms with E-state index in [9.17, 15) is 4.79 Å². The van der Waals surface area contributed by atoms with E-state index < -0.39 is 0 Å². The largest absolute Gasteiger partial charge is 0.492 e. The molecule has 1 aromatic heterocycles. The van der Waals surface area contributed by atoms with Crippen LogP contribution in [0.5, 0.6) is 5.75 Å². The highest BCUT2D eigenvalue weighted by Crippen LogP contribution is 2.33. The topological polar surface area (TPSA) is 59.9 Å². The van der Waals surface area contributed by atoms with Crippen molar-refractivity contribution in [2.75, 3.05) is 6.61 Å². The standard InChI is InChI=1S/C15H15N3O2/c16-11-12-1-5-14(6-2-12)20-10-9-17-7-8-18(15(17)19)13-3-4-13/h1-2,5-8,13H,3-4,9-10H2. The minimum absolute atomic E-state index is 0.0379. The number of benzene rings is 1. The Balaban J connectivity index is 1.57. The lowest BCUT2D eigenvalue weighted by atomic mass is 10.2. The third-order valence-electron chi connectivity index (χ3n) is 3.40. The van der Waals surface area contributed by atoms with Crippen LogP contribution in [-0.2, 0) is 6.54 Å². The van der Waals surface area contributed by atoms with Crippen LogP contribution in [0.3, 0.4) is 0 Å². The summed E-state index contributed by atoms with van der Waals surface area (Å²) >= 11 is 0. The van der Waals surface area contributed by atoms with Crippen molar-refractivity contribution in [2.45, 2.75) is 25.4 Å². The Morgan fingerprint density at radius 1 is 1.25 bits per heavy atom. The summed E-state index contributed by atoms with van der Waals surface area (Å²) in [6.07, 6.45) is 5.86. The molecule has 0 bridgehead atoms. The molecule has 0 saturated heterocycles. The first-order valence-electron chi connectivity index (χ1n) is 6.68. The van der Waals surface area contributed by atoms with Crippen LogP contribution in [0.4, 0.5) is 0 Å². The van der Waals surface area contributed by atoms with Gasteiger partial charge in [-0.05, 0) is 37.1 Å². The molecule has 5 nitrogen and oxygen atoms in total. The van der Waals surface area contributed by atoms with E-state index in [4.69, 9.17) is 10.00 Å². The van der Waals surface area contributed by atoms with Gasteiger partial charge in [0.15, 0.2) is 0 Å². The molecule has 1 aliphatic carbocycles. The Bertz CT molecular complexity index is 687. The molecule has 0 N–H and O–H groups in total. The second-order valence-corrected chi connectivity index (χ2v) is 4.90. The van der Waals surface area contributed by atoms with E-state index in [2.05, 4.69) is 6.07 Å². The van der Waals surface area contributed by atoms with Crippen molar-refractivity contribution < 1.29 is 4.74 Å². The molecule has 0 unspecified atom stereocenters. The number of rotatable bonds is 5. The molecule has 1 aromatic carbocycles. The summed E-state index contributed by atoms with van der Waals surface area (Å²) in [5, 5.41) is 8.70. The molecule has 5 heteroatoms. The van der Waals surface area contributed by atoms with Crippen LogP contribution in [0.15, 0.2) is 41.5 Å². The van der Waals surface area contributed by atoms with Gasteiger partial charge in [0.25, 0.3) is 0 Å². The van der Waals surface area contributed by atoms with Gasteiger partial charge in [-0.1, -0.05) is 0 Å². The van der Waals surface area contributed by atoms with Crippen LogP contribution in [0.1, 0.15) is 24.4 Å². The Hall–Kier alpha value is -2.48. The predicted octanol–water partition coefficient (Wildman–Crippen LogP) is 1.94. The molecular weight excluding hydrogens is 254 g/mol. The third-order valence-corrected chi connectivity index (χ3v) is 3.40. The maximum Gasteiger partial charge on any atom is 0.328 e. The number of nitrogens with zero attached hydrogens (tertiary/aromatic N) is 3. The van der Waals surface area contributed by atoms with Crippen LogP contribution in [-0.4, -0.2) is 15.7 Å². The van der Waals surface area contributed by atoms with Gasteiger partial charge in [-0.3, -0.25) is 9.13 Å². The van der Waals surface area contributed by atoms with E-state index in [1.807, 2.05) is 12.4 Å². The molecule has 0 amide bonds. The quantitative estimate of drug-likeness (QED) is 0.833. The Morgan fingerprint density at radius 2 is 2.00 bits per heavy atom. The summed E-state index contributed by atoms with van der Waals surface area (Å²) in [7, 11) is 0. The van der Waals surface area contributed by atoms with Crippen LogP contribution in [0.2, 0.25) is 0 Å². The highest BCUT2D eigenvalue weighted by atomic mass is 16.5. The summed E-state index contributed by atoms with van der Waals surface area (Å²) in [4.78, 5) is 12.0. The van der Waals surface area contributed by atoms with E-state index in [1.54, 1.807) is 33.4 Å². The number of nitriles is 1. The lowest BCUT2D eigenvalue weighted by Gasteiger charge is -2.06. The Kier molecular flexibility index (Phi) is 3.30. The van der Waals surface area contributed by atoms with E-state index in [-0.39, 0.29) is 5.69 Å². The Morgan fingerprint density at radius 3 is 2.65 bits per heavy atom. The van der Waals surface area contributed by atoms with Gasteiger partial charge in [0, 0.05) is 18.4 Å². The maximum atomic E-state index is 12.0. The molecule has 20 heavy (non-hydrogen) atoms. The van der Waals surface area contributed by atoms with E-state index in [0.29, 0.717) is 30.5 Å². The van der Waals surface area contributed by atoms with Gasteiger partial charge in [0.2, 0.25) is 0 Å². The number of hydrogen-bond acceptors (Lipinski definition) is 3. The fourth-order valence-electron chi connectivity index (χ4n) is 2.12. The SMILES string of the molecule is N#Cc1ccc(OCCn2ccn(C3CC3)c2=O)cc1. The van der Waals surface area contributed by atoms with Gasteiger partial charge < -0.3 is 4.74 Å². The van der Waals surface area contributed by atoms with Crippen LogP contribution >= 0.6 is 0 Å². The van der Waals surface area contributed by atoms with Crippen LogP contribution < -0.4 is 10.4 Å². The van der Waals surface area contributed by atoms with Gasteiger partial charge in [-0.25, -0.2) is 4.79 Å².